The zero-order chi connectivity index (χ0) is 17.3. The Morgan fingerprint density at radius 1 is 1.21 bits per heavy atom. The highest BCUT2D eigenvalue weighted by Gasteiger charge is 2.32. The lowest BCUT2D eigenvalue weighted by molar-refractivity contribution is -0.140. The predicted octanol–water partition coefficient (Wildman–Crippen LogP) is 4.14. The minimum Gasteiger partial charge on any atom is -0.342 e. The van der Waals surface area contributed by atoms with Crippen molar-refractivity contribution in [2.45, 2.75) is 39.5 Å². The van der Waals surface area contributed by atoms with Crippen molar-refractivity contribution in [2.75, 3.05) is 13.1 Å². The van der Waals surface area contributed by atoms with Crippen LogP contribution in [0.4, 0.5) is 0 Å². The van der Waals surface area contributed by atoms with Crippen molar-refractivity contribution < 1.29 is 9.32 Å². The summed E-state index contributed by atoms with van der Waals surface area (Å²) in [6.07, 6.45) is 1.70. The first kappa shape index (κ1) is 17.0. The van der Waals surface area contributed by atoms with E-state index in [1.54, 1.807) is 0 Å². The second kappa shape index (κ2) is 6.55. The van der Waals surface area contributed by atoms with Crippen LogP contribution < -0.4 is 0 Å². The maximum atomic E-state index is 12.3. The number of halogens is 1. The fraction of sp³-hybridized carbons (Fsp3) is 0.500. The maximum absolute atomic E-state index is 12.3. The van der Waals surface area contributed by atoms with Crippen LogP contribution >= 0.6 is 11.6 Å². The molecule has 128 valence electrons. The average molecular weight is 348 g/mol. The molecule has 1 aromatic heterocycles. The van der Waals surface area contributed by atoms with Crippen molar-refractivity contribution in [2.24, 2.45) is 5.41 Å². The molecule has 0 spiro atoms. The fourth-order valence-corrected chi connectivity index (χ4v) is 3.05. The van der Waals surface area contributed by atoms with Crippen LogP contribution in [0.1, 0.15) is 45.4 Å². The third kappa shape index (κ3) is 3.61. The zero-order valence-electron chi connectivity index (χ0n) is 14.3. The van der Waals surface area contributed by atoms with Crippen molar-refractivity contribution >= 4 is 17.5 Å². The van der Waals surface area contributed by atoms with E-state index in [9.17, 15) is 4.79 Å². The van der Waals surface area contributed by atoms with Gasteiger partial charge in [0, 0.05) is 35.0 Å². The minimum absolute atomic E-state index is 0.202. The number of amides is 1. The van der Waals surface area contributed by atoms with Crippen LogP contribution in [0.25, 0.3) is 11.4 Å². The van der Waals surface area contributed by atoms with Crippen LogP contribution in [-0.4, -0.2) is 34.0 Å². The largest absolute Gasteiger partial charge is 0.342 e. The van der Waals surface area contributed by atoms with Gasteiger partial charge in [-0.05, 0) is 37.1 Å². The van der Waals surface area contributed by atoms with Gasteiger partial charge >= 0.3 is 0 Å². The molecule has 2 heterocycles. The van der Waals surface area contributed by atoms with E-state index >= 15 is 0 Å². The molecule has 0 N–H and O–H groups in total. The summed E-state index contributed by atoms with van der Waals surface area (Å²) in [5, 5.41) is 4.75. The van der Waals surface area contributed by atoms with Crippen molar-refractivity contribution in [1.82, 2.24) is 15.0 Å². The molecule has 1 aliphatic rings. The van der Waals surface area contributed by atoms with Crippen LogP contribution in [0.3, 0.4) is 0 Å². The second-order valence-corrected chi connectivity index (χ2v) is 7.72. The smallest absolute Gasteiger partial charge is 0.230 e. The number of carbonyl (C=O) groups excluding carboxylic acids is 1. The van der Waals surface area contributed by atoms with Crippen LogP contribution in [0, 0.1) is 5.41 Å². The van der Waals surface area contributed by atoms with E-state index in [0.29, 0.717) is 16.7 Å². The molecule has 0 bridgehead atoms. The van der Waals surface area contributed by atoms with Crippen molar-refractivity contribution in [3.8, 4) is 11.4 Å². The number of likely N-dealkylation sites (tertiary alicyclic amines) is 1. The van der Waals surface area contributed by atoms with E-state index in [4.69, 9.17) is 16.1 Å². The summed E-state index contributed by atoms with van der Waals surface area (Å²) in [4.78, 5) is 18.8. The molecule has 0 unspecified atom stereocenters. The Hall–Kier alpha value is -1.88. The molecule has 0 saturated carbocycles. The lowest BCUT2D eigenvalue weighted by Gasteiger charge is -2.34. The van der Waals surface area contributed by atoms with Gasteiger partial charge in [-0.2, -0.15) is 4.98 Å². The standard InChI is InChI=1S/C18H22ClN3O2/c1-18(2,3)17(23)22-10-8-13(9-11-22)16-20-15(21-24-16)12-4-6-14(19)7-5-12/h4-7,13H,8-11H2,1-3H3. The van der Waals surface area contributed by atoms with E-state index in [2.05, 4.69) is 10.1 Å². The van der Waals surface area contributed by atoms with E-state index in [1.165, 1.54) is 0 Å². The van der Waals surface area contributed by atoms with Gasteiger partial charge in [0.25, 0.3) is 0 Å². The molecule has 0 aliphatic carbocycles. The van der Waals surface area contributed by atoms with Crippen LogP contribution in [0.2, 0.25) is 5.02 Å². The van der Waals surface area contributed by atoms with Gasteiger partial charge in [0.1, 0.15) is 0 Å². The molecule has 3 rings (SSSR count). The Morgan fingerprint density at radius 3 is 2.42 bits per heavy atom. The topological polar surface area (TPSA) is 59.2 Å². The quantitative estimate of drug-likeness (QED) is 0.819. The number of aromatic nitrogens is 2. The Balaban J connectivity index is 1.65. The Morgan fingerprint density at radius 2 is 1.83 bits per heavy atom. The van der Waals surface area contributed by atoms with Crippen molar-refractivity contribution in [3.63, 3.8) is 0 Å². The van der Waals surface area contributed by atoms with Gasteiger partial charge in [-0.3, -0.25) is 4.79 Å². The van der Waals surface area contributed by atoms with Gasteiger partial charge in [0.05, 0.1) is 0 Å². The SMILES string of the molecule is CC(C)(C)C(=O)N1CCC(c2nc(-c3ccc(Cl)cc3)no2)CC1. The lowest BCUT2D eigenvalue weighted by Crippen LogP contribution is -2.43. The fourth-order valence-electron chi connectivity index (χ4n) is 2.92. The summed E-state index contributed by atoms with van der Waals surface area (Å²) in [5.41, 5.74) is 0.550. The van der Waals surface area contributed by atoms with E-state index in [1.807, 2.05) is 49.9 Å². The molecule has 2 aromatic rings. The number of carbonyl (C=O) groups is 1. The van der Waals surface area contributed by atoms with Gasteiger partial charge < -0.3 is 9.42 Å². The van der Waals surface area contributed by atoms with Gasteiger partial charge in [-0.1, -0.05) is 37.5 Å². The van der Waals surface area contributed by atoms with Gasteiger partial charge in [0.15, 0.2) is 0 Å². The predicted molar refractivity (Wildman–Crippen MR) is 92.8 cm³/mol. The summed E-state index contributed by atoms with van der Waals surface area (Å²) < 4.78 is 5.45. The molecule has 24 heavy (non-hydrogen) atoms. The van der Waals surface area contributed by atoms with Gasteiger partial charge in [-0.15, -0.1) is 0 Å². The molecule has 0 radical (unpaired) electrons. The number of hydrogen-bond donors (Lipinski definition) is 0. The number of benzene rings is 1. The first-order valence-corrected chi connectivity index (χ1v) is 8.61. The van der Waals surface area contributed by atoms with Crippen LogP contribution in [0.15, 0.2) is 28.8 Å². The molecular formula is C18H22ClN3O2. The molecular weight excluding hydrogens is 326 g/mol. The summed E-state index contributed by atoms with van der Waals surface area (Å²) in [6, 6.07) is 7.37. The normalized spacial score (nSPS) is 16.4. The highest BCUT2D eigenvalue weighted by Crippen LogP contribution is 2.30. The Labute approximate surface area is 147 Å². The zero-order valence-corrected chi connectivity index (χ0v) is 15.0. The second-order valence-electron chi connectivity index (χ2n) is 7.28. The van der Waals surface area contributed by atoms with E-state index < -0.39 is 0 Å². The van der Waals surface area contributed by atoms with Gasteiger partial charge in [0.2, 0.25) is 17.6 Å². The molecule has 0 atom stereocenters. The third-order valence-electron chi connectivity index (χ3n) is 4.32. The monoisotopic (exact) mass is 347 g/mol. The highest BCUT2D eigenvalue weighted by atomic mass is 35.5. The van der Waals surface area contributed by atoms with Crippen molar-refractivity contribution in [3.05, 3.63) is 35.2 Å². The highest BCUT2D eigenvalue weighted by molar-refractivity contribution is 6.30. The van der Waals surface area contributed by atoms with Crippen LogP contribution in [0.5, 0.6) is 0 Å². The first-order chi connectivity index (χ1) is 11.3. The minimum atomic E-state index is -0.334. The first-order valence-electron chi connectivity index (χ1n) is 8.23. The van der Waals surface area contributed by atoms with E-state index in [-0.39, 0.29) is 17.2 Å². The summed E-state index contributed by atoms with van der Waals surface area (Å²) in [5.74, 6) is 1.65. The molecule has 1 aromatic carbocycles. The Kier molecular flexibility index (Phi) is 4.63. The molecule has 1 fully saturated rings. The summed E-state index contributed by atoms with van der Waals surface area (Å²) in [7, 11) is 0. The van der Waals surface area contributed by atoms with Gasteiger partial charge in [-0.25, -0.2) is 0 Å². The number of nitrogens with zero attached hydrogens (tertiary/aromatic N) is 3. The summed E-state index contributed by atoms with van der Waals surface area (Å²) >= 11 is 5.90. The molecule has 6 heteroatoms. The number of rotatable bonds is 2. The molecule has 5 nitrogen and oxygen atoms in total. The average Bonchev–Trinajstić information content (AvgIpc) is 3.04. The van der Waals surface area contributed by atoms with E-state index in [0.717, 1.165) is 31.5 Å². The molecule has 1 aliphatic heterocycles. The summed E-state index contributed by atoms with van der Waals surface area (Å²) in [6.45, 7) is 7.34. The third-order valence-corrected chi connectivity index (χ3v) is 4.57. The molecule has 1 amide bonds. The number of piperidine rings is 1. The number of hydrogen-bond acceptors (Lipinski definition) is 4. The Bertz CT molecular complexity index is 711. The van der Waals surface area contributed by atoms with Crippen LogP contribution in [-0.2, 0) is 4.79 Å². The maximum Gasteiger partial charge on any atom is 0.230 e. The molecule has 1 saturated heterocycles. The lowest BCUT2D eigenvalue weighted by atomic mass is 9.91. The van der Waals surface area contributed by atoms with Crippen molar-refractivity contribution in [1.29, 1.82) is 0 Å².